The van der Waals surface area contributed by atoms with Gasteiger partial charge in [0.1, 0.15) is 0 Å². The molecule has 1 aromatic heterocycles. The van der Waals surface area contributed by atoms with Gasteiger partial charge in [-0.3, -0.25) is 0 Å². The van der Waals surface area contributed by atoms with Crippen LogP contribution < -0.4 is 0 Å². The molecule has 0 aliphatic heterocycles. The van der Waals surface area contributed by atoms with E-state index in [2.05, 4.69) is 127 Å². The maximum atomic E-state index is 6.54. The van der Waals surface area contributed by atoms with Crippen molar-refractivity contribution in [2.24, 2.45) is 0 Å². The molecule has 2 nitrogen and oxygen atoms in total. The van der Waals surface area contributed by atoms with Crippen molar-refractivity contribution >= 4 is 33.1 Å². The average Bonchev–Trinajstić information content (AvgIpc) is 3.14. The van der Waals surface area contributed by atoms with E-state index in [0.717, 1.165) is 27.9 Å². The fourth-order valence-electron chi connectivity index (χ4n) is 5.83. The molecule has 0 fully saturated rings. The van der Waals surface area contributed by atoms with Gasteiger partial charge in [0, 0.05) is 16.5 Å². The summed E-state index contributed by atoms with van der Waals surface area (Å²) in [5, 5.41) is 5.03. The number of halogens is 1. The second-order valence-electron chi connectivity index (χ2n) is 10.0. The number of benzene rings is 5. The van der Waals surface area contributed by atoms with E-state index >= 15 is 0 Å². The highest BCUT2D eigenvalue weighted by atomic mass is 35.5. The minimum absolute atomic E-state index is 0.0733. The maximum absolute atomic E-state index is 6.54. The van der Waals surface area contributed by atoms with Crippen LogP contribution in [-0.2, 0) is 5.41 Å². The fraction of sp³-hybridized carbons (Fsp3) is 0.0909. The fourth-order valence-corrected chi connectivity index (χ4v) is 6.02. The van der Waals surface area contributed by atoms with E-state index in [4.69, 9.17) is 11.6 Å². The molecule has 36 heavy (non-hydrogen) atoms. The maximum Gasteiger partial charge on any atom is 0.223 e. The molecule has 1 aliphatic carbocycles. The average molecular weight is 483 g/mol. The highest BCUT2D eigenvalue weighted by molar-refractivity contribution is 6.28. The Morgan fingerprint density at radius 1 is 0.556 bits per heavy atom. The van der Waals surface area contributed by atoms with Crippen molar-refractivity contribution in [1.82, 2.24) is 9.97 Å². The molecule has 0 N–H and O–H groups in total. The molecule has 6 aromatic rings. The summed E-state index contributed by atoms with van der Waals surface area (Å²) in [4.78, 5) is 9.32. The molecular formula is C33H23ClN2. The van der Waals surface area contributed by atoms with Crippen molar-refractivity contribution in [3.8, 4) is 33.6 Å². The highest BCUT2D eigenvalue weighted by Crippen LogP contribution is 2.49. The van der Waals surface area contributed by atoms with Gasteiger partial charge in [-0.15, -0.1) is 0 Å². The second-order valence-corrected chi connectivity index (χ2v) is 10.4. The largest absolute Gasteiger partial charge is 0.223 e. The number of hydrogen-bond donors (Lipinski definition) is 0. The van der Waals surface area contributed by atoms with E-state index in [1.807, 2.05) is 0 Å². The van der Waals surface area contributed by atoms with Crippen LogP contribution in [0.4, 0.5) is 0 Å². The Labute approximate surface area is 215 Å². The summed E-state index contributed by atoms with van der Waals surface area (Å²) in [6.45, 7) is 4.59. The lowest BCUT2D eigenvalue weighted by Gasteiger charge is -2.22. The predicted molar refractivity (Wildman–Crippen MR) is 150 cm³/mol. The van der Waals surface area contributed by atoms with Crippen molar-refractivity contribution < 1.29 is 0 Å². The van der Waals surface area contributed by atoms with Gasteiger partial charge in [-0.2, -0.15) is 0 Å². The molecule has 0 bridgehead atoms. The summed E-state index contributed by atoms with van der Waals surface area (Å²) in [5.41, 5.74) is 8.97. The molecule has 0 atom stereocenters. The van der Waals surface area contributed by atoms with Crippen LogP contribution in [0.15, 0.2) is 103 Å². The summed E-state index contributed by atoms with van der Waals surface area (Å²) >= 11 is 6.54. The van der Waals surface area contributed by atoms with E-state index in [1.54, 1.807) is 0 Å². The van der Waals surface area contributed by atoms with E-state index in [1.165, 1.54) is 38.4 Å². The van der Waals surface area contributed by atoms with E-state index in [0.29, 0.717) is 0 Å². The van der Waals surface area contributed by atoms with Crippen molar-refractivity contribution in [2.45, 2.75) is 19.3 Å². The van der Waals surface area contributed by atoms with Crippen LogP contribution in [0.25, 0.3) is 55.2 Å². The molecule has 1 heterocycles. The van der Waals surface area contributed by atoms with Gasteiger partial charge in [-0.1, -0.05) is 98.8 Å². The number of rotatable bonds is 2. The Morgan fingerprint density at radius 2 is 1.22 bits per heavy atom. The molecule has 1 aliphatic rings. The minimum atomic E-state index is -0.0733. The summed E-state index contributed by atoms with van der Waals surface area (Å²) in [6, 6.07) is 36.6. The molecule has 0 saturated carbocycles. The van der Waals surface area contributed by atoms with Gasteiger partial charge in [0.2, 0.25) is 5.28 Å². The van der Waals surface area contributed by atoms with Crippen molar-refractivity contribution in [3.05, 3.63) is 120 Å². The molecular weight excluding hydrogens is 460 g/mol. The smallest absolute Gasteiger partial charge is 0.218 e. The van der Waals surface area contributed by atoms with Crippen LogP contribution in [0.5, 0.6) is 0 Å². The zero-order valence-corrected chi connectivity index (χ0v) is 20.8. The monoisotopic (exact) mass is 482 g/mol. The first-order valence-corrected chi connectivity index (χ1v) is 12.6. The highest BCUT2D eigenvalue weighted by Gasteiger charge is 2.35. The lowest BCUT2D eigenvalue weighted by atomic mass is 9.82. The topological polar surface area (TPSA) is 25.8 Å². The summed E-state index contributed by atoms with van der Waals surface area (Å²) in [6.07, 6.45) is 0. The molecule has 0 amide bonds. The predicted octanol–water partition coefficient (Wildman–Crippen LogP) is 9.08. The Bertz CT molecular complexity index is 1830. The quantitative estimate of drug-likeness (QED) is 0.181. The Balaban J connectivity index is 1.42. The molecule has 0 radical (unpaired) electrons. The van der Waals surface area contributed by atoms with Crippen LogP contribution >= 0.6 is 11.6 Å². The van der Waals surface area contributed by atoms with Crippen LogP contribution in [0.2, 0.25) is 5.28 Å². The van der Waals surface area contributed by atoms with Gasteiger partial charge >= 0.3 is 0 Å². The summed E-state index contributed by atoms with van der Waals surface area (Å²) in [5.74, 6) is 0. The van der Waals surface area contributed by atoms with E-state index < -0.39 is 0 Å². The number of nitrogens with zero attached hydrogens (tertiary/aromatic N) is 2. The lowest BCUT2D eigenvalue weighted by molar-refractivity contribution is 0.660. The van der Waals surface area contributed by atoms with Gasteiger partial charge in [0.05, 0.1) is 11.4 Å². The molecule has 5 aromatic carbocycles. The SMILES string of the molecule is CC1(C)c2ccccc2-c2ccc(-c3cc(-c4cc5ccccc5c5ccccc45)nc(Cl)n3)cc21. The third-order valence-electron chi connectivity index (χ3n) is 7.62. The van der Waals surface area contributed by atoms with Gasteiger partial charge in [-0.05, 0) is 73.6 Å². The van der Waals surface area contributed by atoms with Crippen LogP contribution in [-0.4, -0.2) is 9.97 Å². The van der Waals surface area contributed by atoms with Crippen LogP contribution in [0.1, 0.15) is 25.0 Å². The van der Waals surface area contributed by atoms with Gasteiger partial charge in [0.25, 0.3) is 0 Å². The first kappa shape index (κ1) is 21.3. The van der Waals surface area contributed by atoms with Crippen molar-refractivity contribution in [2.75, 3.05) is 0 Å². The molecule has 3 heteroatoms. The third kappa shape index (κ3) is 3.11. The lowest BCUT2D eigenvalue weighted by Crippen LogP contribution is -2.14. The van der Waals surface area contributed by atoms with Crippen molar-refractivity contribution in [3.63, 3.8) is 0 Å². The summed E-state index contributed by atoms with van der Waals surface area (Å²) < 4.78 is 0. The molecule has 7 rings (SSSR count). The Hall–Kier alpha value is -4.01. The number of fused-ring (bicyclic) bond motifs is 6. The van der Waals surface area contributed by atoms with Crippen molar-refractivity contribution in [1.29, 1.82) is 0 Å². The van der Waals surface area contributed by atoms with E-state index in [9.17, 15) is 0 Å². The van der Waals surface area contributed by atoms with Gasteiger partial charge in [-0.25, -0.2) is 9.97 Å². The molecule has 0 unspecified atom stereocenters. The van der Waals surface area contributed by atoms with Gasteiger partial charge in [0.15, 0.2) is 0 Å². The molecule has 172 valence electrons. The number of aromatic nitrogens is 2. The second kappa shape index (κ2) is 7.74. The zero-order chi connectivity index (χ0) is 24.4. The van der Waals surface area contributed by atoms with E-state index in [-0.39, 0.29) is 10.7 Å². The molecule has 0 spiro atoms. The first-order valence-electron chi connectivity index (χ1n) is 12.2. The summed E-state index contributed by atoms with van der Waals surface area (Å²) in [7, 11) is 0. The molecule has 0 saturated heterocycles. The zero-order valence-electron chi connectivity index (χ0n) is 20.1. The normalized spacial score (nSPS) is 13.6. The van der Waals surface area contributed by atoms with Crippen LogP contribution in [0, 0.1) is 0 Å². The van der Waals surface area contributed by atoms with Crippen LogP contribution in [0.3, 0.4) is 0 Å². The third-order valence-corrected chi connectivity index (χ3v) is 7.79. The Kier molecular flexibility index (Phi) is 4.58. The minimum Gasteiger partial charge on any atom is -0.218 e. The first-order chi connectivity index (χ1) is 17.5. The standard InChI is InChI=1S/C33H23ClN2/c1-33(2)28-14-8-7-13-25(28)26-16-15-21(18-29(26)33)30-19-31(36-32(34)35-30)27-17-20-9-3-4-10-22(20)23-11-5-6-12-24(23)27/h3-19H,1-2H3. The Morgan fingerprint density at radius 3 is 2.08 bits per heavy atom. The number of hydrogen-bond acceptors (Lipinski definition) is 2. The van der Waals surface area contributed by atoms with Gasteiger partial charge < -0.3 is 0 Å².